The maximum absolute atomic E-state index is 12.4. The summed E-state index contributed by atoms with van der Waals surface area (Å²) in [4.78, 5) is 28.9. The van der Waals surface area contributed by atoms with Gasteiger partial charge in [0.1, 0.15) is 0 Å². The van der Waals surface area contributed by atoms with Gasteiger partial charge in [0.2, 0.25) is 11.8 Å². The van der Waals surface area contributed by atoms with Crippen molar-refractivity contribution in [2.75, 3.05) is 32.7 Å². The van der Waals surface area contributed by atoms with E-state index in [2.05, 4.69) is 41.4 Å². The van der Waals surface area contributed by atoms with Crippen LogP contribution in [-0.2, 0) is 16.1 Å². The lowest BCUT2D eigenvalue weighted by molar-refractivity contribution is -0.135. The highest BCUT2D eigenvalue weighted by molar-refractivity contribution is 5.85. The van der Waals surface area contributed by atoms with Gasteiger partial charge >= 0.3 is 0 Å². The Morgan fingerprint density at radius 1 is 1.04 bits per heavy atom. The van der Waals surface area contributed by atoms with E-state index in [0.29, 0.717) is 0 Å². The summed E-state index contributed by atoms with van der Waals surface area (Å²) in [7, 11) is 0. The molecular weight excluding hydrogens is 326 g/mol. The Morgan fingerprint density at radius 3 is 2.42 bits per heavy atom. The molecule has 1 saturated heterocycles. The van der Waals surface area contributed by atoms with Crippen molar-refractivity contribution in [2.45, 2.75) is 45.6 Å². The number of amides is 2. The second-order valence-electron chi connectivity index (χ2n) is 7.64. The molecule has 0 radical (unpaired) electrons. The molecule has 0 bridgehead atoms. The fraction of sp³-hybridized carbons (Fsp3) is 0.619. The summed E-state index contributed by atoms with van der Waals surface area (Å²) in [5.41, 5.74) is 2.67. The van der Waals surface area contributed by atoms with Crippen LogP contribution in [0.2, 0.25) is 0 Å². The fourth-order valence-electron chi connectivity index (χ4n) is 3.97. The number of carbonyl (C=O) groups is 2. The normalized spacial score (nSPS) is 19.3. The average molecular weight is 357 g/mol. The molecule has 1 aliphatic heterocycles. The minimum absolute atomic E-state index is 0.0460. The van der Waals surface area contributed by atoms with Gasteiger partial charge in [0.15, 0.2) is 0 Å². The van der Waals surface area contributed by atoms with Crippen LogP contribution < -0.4 is 5.32 Å². The molecule has 1 N–H and O–H groups in total. The molecule has 0 unspecified atom stereocenters. The van der Waals surface area contributed by atoms with E-state index >= 15 is 0 Å². The van der Waals surface area contributed by atoms with Crippen LogP contribution in [-0.4, -0.2) is 54.3 Å². The largest absolute Gasteiger partial charge is 0.347 e. The van der Waals surface area contributed by atoms with Crippen molar-refractivity contribution >= 4 is 11.8 Å². The minimum atomic E-state index is 0.0460. The molecule has 2 amide bonds. The second-order valence-corrected chi connectivity index (χ2v) is 7.64. The van der Waals surface area contributed by atoms with Crippen LogP contribution >= 0.6 is 0 Å². The Morgan fingerprint density at radius 2 is 1.73 bits per heavy atom. The molecule has 0 atom stereocenters. The van der Waals surface area contributed by atoms with Crippen molar-refractivity contribution in [1.82, 2.24) is 15.1 Å². The summed E-state index contributed by atoms with van der Waals surface area (Å²) < 4.78 is 0. The molecule has 142 valence electrons. The number of aryl methyl sites for hydroxylation is 1. The number of hydrogen-bond acceptors (Lipinski definition) is 3. The molecule has 1 aromatic carbocycles. The number of carbonyl (C=O) groups excluding carboxylic acids is 2. The molecule has 5 heteroatoms. The first-order chi connectivity index (χ1) is 12.6. The molecule has 1 aliphatic carbocycles. The van der Waals surface area contributed by atoms with Crippen LogP contribution in [0.15, 0.2) is 24.3 Å². The van der Waals surface area contributed by atoms with E-state index in [0.717, 1.165) is 58.4 Å². The molecule has 0 aromatic heterocycles. The highest BCUT2D eigenvalue weighted by atomic mass is 16.2. The van der Waals surface area contributed by atoms with E-state index in [9.17, 15) is 9.59 Å². The Balaban J connectivity index is 1.39. The standard InChI is InChI=1S/C21H31N3O2/c1-17-7-5-6-10-19(17)16-23-11-13-24(14-12-23)20(25)15-22-21(26)18-8-3-2-4-9-18/h5-7,10,18H,2-4,8-9,11-16H2,1H3,(H,22,26). The van der Waals surface area contributed by atoms with E-state index in [-0.39, 0.29) is 24.3 Å². The summed E-state index contributed by atoms with van der Waals surface area (Å²) in [5, 5.41) is 2.86. The average Bonchev–Trinajstić information content (AvgIpc) is 2.69. The molecule has 0 spiro atoms. The van der Waals surface area contributed by atoms with Gasteiger partial charge in [0.25, 0.3) is 0 Å². The zero-order chi connectivity index (χ0) is 18.4. The highest BCUT2D eigenvalue weighted by Crippen LogP contribution is 2.23. The van der Waals surface area contributed by atoms with E-state index < -0.39 is 0 Å². The third-order valence-corrected chi connectivity index (χ3v) is 5.77. The smallest absolute Gasteiger partial charge is 0.242 e. The lowest BCUT2D eigenvalue weighted by atomic mass is 9.89. The lowest BCUT2D eigenvalue weighted by Crippen LogP contribution is -2.51. The number of hydrogen-bond donors (Lipinski definition) is 1. The first-order valence-corrected chi connectivity index (χ1v) is 9.96. The van der Waals surface area contributed by atoms with Crippen LogP contribution in [0.5, 0.6) is 0 Å². The maximum Gasteiger partial charge on any atom is 0.242 e. The molecule has 26 heavy (non-hydrogen) atoms. The molecule has 2 aliphatic rings. The van der Waals surface area contributed by atoms with E-state index in [1.807, 2.05) is 4.90 Å². The third-order valence-electron chi connectivity index (χ3n) is 5.77. The zero-order valence-corrected chi connectivity index (χ0v) is 15.9. The van der Waals surface area contributed by atoms with Gasteiger partial charge in [-0.1, -0.05) is 43.5 Å². The molecule has 5 nitrogen and oxygen atoms in total. The quantitative estimate of drug-likeness (QED) is 0.880. The minimum Gasteiger partial charge on any atom is -0.347 e. The van der Waals surface area contributed by atoms with Gasteiger partial charge in [-0.25, -0.2) is 0 Å². The monoisotopic (exact) mass is 357 g/mol. The van der Waals surface area contributed by atoms with Crippen LogP contribution in [0.4, 0.5) is 0 Å². The third kappa shape index (κ3) is 5.07. The first kappa shape index (κ1) is 18.9. The molecule has 1 saturated carbocycles. The second kappa shape index (κ2) is 9.17. The van der Waals surface area contributed by atoms with Gasteiger partial charge in [0.05, 0.1) is 6.54 Å². The van der Waals surface area contributed by atoms with Gasteiger partial charge in [0, 0.05) is 38.6 Å². The first-order valence-electron chi connectivity index (χ1n) is 9.96. The van der Waals surface area contributed by atoms with Crippen molar-refractivity contribution in [3.05, 3.63) is 35.4 Å². The Hall–Kier alpha value is -1.88. The van der Waals surface area contributed by atoms with Crippen molar-refractivity contribution < 1.29 is 9.59 Å². The number of rotatable bonds is 5. The predicted molar refractivity (Wildman–Crippen MR) is 103 cm³/mol. The van der Waals surface area contributed by atoms with E-state index in [4.69, 9.17) is 0 Å². The topological polar surface area (TPSA) is 52.6 Å². The van der Waals surface area contributed by atoms with Crippen molar-refractivity contribution in [3.8, 4) is 0 Å². The van der Waals surface area contributed by atoms with E-state index in [1.165, 1.54) is 17.5 Å². The van der Waals surface area contributed by atoms with Gasteiger partial charge < -0.3 is 10.2 Å². The summed E-state index contributed by atoms with van der Waals surface area (Å²) in [6, 6.07) is 8.46. The number of piperazine rings is 1. The van der Waals surface area contributed by atoms with Crippen molar-refractivity contribution in [3.63, 3.8) is 0 Å². The fourth-order valence-corrected chi connectivity index (χ4v) is 3.97. The molecule has 1 heterocycles. The SMILES string of the molecule is Cc1ccccc1CN1CCN(C(=O)CNC(=O)C2CCCCC2)CC1. The Kier molecular flexibility index (Phi) is 6.67. The van der Waals surface area contributed by atoms with Crippen molar-refractivity contribution in [1.29, 1.82) is 0 Å². The lowest BCUT2D eigenvalue weighted by Gasteiger charge is -2.35. The number of nitrogens with zero attached hydrogens (tertiary/aromatic N) is 2. The molecule has 2 fully saturated rings. The predicted octanol–water partition coefficient (Wildman–Crippen LogP) is 2.34. The highest BCUT2D eigenvalue weighted by Gasteiger charge is 2.24. The van der Waals surface area contributed by atoms with Gasteiger partial charge in [-0.2, -0.15) is 0 Å². The summed E-state index contributed by atoms with van der Waals surface area (Å²) in [6.07, 6.45) is 5.44. The summed E-state index contributed by atoms with van der Waals surface area (Å²) in [5.74, 6) is 0.225. The van der Waals surface area contributed by atoms with Crippen LogP contribution in [0, 0.1) is 12.8 Å². The Labute approximate surface area is 156 Å². The molecular formula is C21H31N3O2. The number of nitrogens with one attached hydrogen (secondary N) is 1. The van der Waals surface area contributed by atoms with Crippen molar-refractivity contribution in [2.24, 2.45) is 5.92 Å². The van der Waals surface area contributed by atoms with Gasteiger partial charge in [-0.05, 0) is 30.9 Å². The summed E-state index contributed by atoms with van der Waals surface area (Å²) in [6.45, 7) is 6.48. The number of benzene rings is 1. The van der Waals surface area contributed by atoms with Gasteiger partial charge in [-0.15, -0.1) is 0 Å². The van der Waals surface area contributed by atoms with Gasteiger partial charge in [-0.3, -0.25) is 14.5 Å². The maximum atomic E-state index is 12.4. The summed E-state index contributed by atoms with van der Waals surface area (Å²) >= 11 is 0. The van der Waals surface area contributed by atoms with Crippen LogP contribution in [0.3, 0.4) is 0 Å². The van der Waals surface area contributed by atoms with Crippen LogP contribution in [0.1, 0.15) is 43.2 Å². The Bertz CT molecular complexity index is 617. The zero-order valence-electron chi connectivity index (χ0n) is 15.9. The molecule has 1 aromatic rings. The van der Waals surface area contributed by atoms with E-state index in [1.54, 1.807) is 0 Å². The molecule has 3 rings (SSSR count). The van der Waals surface area contributed by atoms with Crippen LogP contribution in [0.25, 0.3) is 0 Å².